The molecule has 6 nitrogen and oxygen atoms in total. The molecule has 4 rings (SSSR count). The van der Waals surface area contributed by atoms with E-state index in [0.717, 1.165) is 18.5 Å². The number of ether oxygens (including phenoxy) is 1. The first-order chi connectivity index (χ1) is 14.0. The number of methoxy groups -OCH3 is 1. The second kappa shape index (κ2) is 7.59. The van der Waals surface area contributed by atoms with Gasteiger partial charge in [0.1, 0.15) is 11.4 Å². The highest BCUT2D eigenvalue weighted by Gasteiger charge is 2.34. The van der Waals surface area contributed by atoms with Gasteiger partial charge in [0.05, 0.1) is 24.8 Å². The Morgan fingerprint density at radius 3 is 2.83 bits per heavy atom. The topological polar surface area (TPSA) is 80.3 Å². The minimum absolute atomic E-state index is 0.000450. The SMILES string of the molecule is COc1cc(CC(=O)c2cccc(C(F)F)n2)cn2cc([C@H]3CC[C@@H]3C#N)nc12. The highest BCUT2D eigenvalue weighted by molar-refractivity contribution is 5.95. The number of halogens is 2. The molecular formula is C21H18F2N4O2. The van der Waals surface area contributed by atoms with Gasteiger partial charge in [0.25, 0.3) is 6.43 Å². The standard InChI is InChI=1S/C21H18F2N4O2/c1-29-19-8-12(7-18(28)15-3-2-4-16(25-15)20(22)23)10-27-11-17(26-21(19)27)14-6-5-13(14)9-24/h2-4,8,10-11,13-14,20H,5-7H2,1H3/t13-,14+/m1/s1. The number of Topliss-reactive ketones (excluding diaryl/α,β-unsaturated/α-hetero) is 1. The van der Waals surface area contributed by atoms with E-state index in [4.69, 9.17) is 4.74 Å². The zero-order valence-electron chi connectivity index (χ0n) is 15.7. The molecule has 3 aromatic heterocycles. The molecule has 1 aliphatic rings. The van der Waals surface area contributed by atoms with Crippen molar-refractivity contribution in [3.05, 3.63) is 59.3 Å². The number of nitriles is 1. The van der Waals surface area contributed by atoms with Crippen molar-refractivity contribution in [2.24, 2.45) is 5.92 Å². The molecule has 1 aliphatic carbocycles. The summed E-state index contributed by atoms with van der Waals surface area (Å²) in [4.78, 5) is 20.9. The van der Waals surface area contributed by atoms with Gasteiger partial charge in [-0.3, -0.25) is 4.79 Å². The van der Waals surface area contributed by atoms with Crippen LogP contribution in [0.1, 0.15) is 52.6 Å². The van der Waals surface area contributed by atoms with Crippen molar-refractivity contribution in [2.45, 2.75) is 31.6 Å². The number of hydrogen-bond donors (Lipinski definition) is 0. The second-order valence-corrected chi connectivity index (χ2v) is 7.08. The summed E-state index contributed by atoms with van der Waals surface area (Å²) in [5, 5.41) is 9.20. The van der Waals surface area contributed by atoms with Gasteiger partial charge in [-0.1, -0.05) is 6.07 Å². The Kier molecular flexibility index (Phi) is 4.97. The van der Waals surface area contributed by atoms with E-state index in [1.165, 1.54) is 25.3 Å². The van der Waals surface area contributed by atoms with Crippen molar-refractivity contribution >= 4 is 11.4 Å². The maximum Gasteiger partial charge on any atom is 0.280 e. The van der Waals surface area contributed by atoms with Crippen LogP contribution in [0, 0.1) is 17.2 Å². The number of aromatic nitrogens is 3. The Morgan fingerprint density at radius 1 is 1.34 bits per heavy atom. The number of hydrogen-bond acceptors (Lipinski definition) is 5. The van der Waals surface area contributed by atoms with Gasteiger partial charge in [-0.2, -0.15) is 5.26 Å². The minimum atomic E-state index is -2.73. The first-order valence-corrected chi connectivity index (χ1v) is 9.23. The van der Waals surface area contributed by atoms with Crippen molar-refractivity contribution in [3.63, 3.8) is 0 Å². The first kappa shape index (κ1) is 19.0. The van der Waals surface area contributed by atoms with Crippen LogP contribution in [0.15, 0.2) is 36.7 Å². The molecule has 0 unspecified atom stereocenters. The van der Waals surface area contributed by atoms with Crippen LogP contribution in [0.25, 0.3) is 5.65 Å². The Hall–Kier alpha value is -3.34. The molecule has 8 heteroatoms. The molecule has 1 fully saturated rings. The molecule has 3 heterocycles. The molecule has 0 aromatic carbocycles. The molecule has 0 bridgehead atoms. The number of rotatable bonds is 6. The van der Waals surface area contributed by atoms with Crippen LogP contribution in [-0.2, 0) is 6.42 Å². The van der Waals surface area contributed by atoms with E-state index in [1.807, 2.05) is 6.20 Å². The number of fused-ring (bicyclic) bond motifs is 1. The Labute approximate surface area is 165 Å². The van der Waals surface area contributed by atoms with Crippen molar-refractivity contribution < 1.29 is 18.3 Å². The molecule has 0 spiro atoms. The maximum atomic E-state index is 12.8. The lowest BCUT2D eigenvalue weighted by atomic mass is 9.73. The second-order valence-electron chi connectivity index (χ2n) is 7.08. The van der Waals surface area contributed by atoms with Crippen LogP contribution in [-0.4, -0.2) is 27.3 Å². The summed E-state index contributed by atoms with van der Waals surface area (Å²) in [5.41, 5.74) is 1.67. The lowest BCUT2D eigenvalue weighted by Crippen LogP contribution is -2.22. The molecule has 0 N–H and O–H groups in total. The third kappa shape index (κ3) is 3.56. The molecular weight excluding hydrogens is 378 g/mol. The summed E-state index contributed by atoms with van der Waals surface area (Å²) in [5.74, 6) is 0.220. The zero-order chi connectivity index (χ0) is 20.5. The van der Waals surface area contributed by atoms with Crippen LogP contribution in [0.4, 0.5) is 8.78 Å². The fraction of sp³-hybridized carbons (Fsp3) is 0.333. The van der Waals surface area contributed by atoms with E-state index < -0.39 is 12.1 Å². The van der Waals surface area contributed by atoms with Gasteiger partial charge in [0.15, 0.2) is 17.2 Å². The number of carbonyl (C=O) groups excluding carboxylic acids is 1. The molecule has 0 amide bonds. The van der Waals surface area contributed by atoms with Crippen LogP contribution >= 0.6 is 0 Å². The average molecular weight is 396 g/mol. The molecule has 0 aliphatic heterocycles. The van der Waals surface area contributed by atoms with E-state index in [9.17, 15) is 18.8 Å². The molecule has 3 aromatic rings. The Balaban J connectivity index is 1.63. The van der Waals surface area contributed by atoms with Crippen LogP contribution in [0.3, 0.4) is 0 Å². The smallest absolute Gasteiger partial charge is 0.280 e. The number of pyridine rings is 2. The van der Waals surface area contributed by atoms with Gasteiger partial charge in [-0.05, 0) is 36.6 Å². The van der Waals surface area contributed by atoms with E-state index in [2.05, 4.69) is 16.0 Å². The van der Waals surface area contributed by atoms with Crippen LogP contribution in [0.5, 0.6) is 5.75 Å². The Bertz CT molecular complexity index is 1120. The number of alkyl halides is 2. The predicted octanol–water partition coefficient (Wildman–Crippen LogP) is 4.12. The van der Waals surface area contributed by atoms with Crippen molar-refractivity contribution in [3.8, 4) is 11.8 Å². The van der Waals surface area contributed by atoms with E-state index in [1.54, 1.807) is 16.7 Å². The van der Waals surface area contributed by atoms with Crippen molar-refractivity contribution in [1.29, 1.82) is 5.26 Å². The fourth-order valence-electron chi connectivity index (χ4n) is 3.58. The number of ketones is 1. The molecule has 148 valence electrons. The van der Waals surface area contributed by atoms with E-state index in [-0.39, 0.29) is 29.7 Å². The first-order valence-electron chi connectivity index (χ1n) is 9.23. The number of imidazole rings is 1. The molecule has 29 heavy (non-hydrogen) atoms. The predicted molar refractivity (Wildman–Crippen MR) is 100 cm³/mol. The summed E-state index contributed by atoms with van der Waals surface area (Å²) in [6, 6.07) is 8.04. The molecule has 2 atom stereocenters. The largest absolute Gasteiger partial charge is 0.493 e. The molecule has 0 radical (unpaired) electrons. The summed E-state index contributed by atoms with van der Waals surface area (Å²) in [6.07, 6.45) is 2.67. The lowest BCUT2D eigenvalue weighted by Gasteiger charge is -2.29. The van der Waals surface area contributed by atoms with Gasteiger partial charge >= 0.3 is 0 Å². The van der Waals surface area contributed by atoms with Crippen molar-refractivity contribution in [1.82, 2.24) is 14.4 Å². The third-order valence-electron chi connectivity index (χ3n) is 5.28. The monoisotopic (exact) mass is 396 g/mol. The van der Waals surface area contributed by atoms with E-state index in [0.29, 0.717) is 17.0 Å². The van der Waals surface area contributed by atoms with Crippen LogP contribution in [0.2, 0.25) is 0 Å². The molecule has 1 saturated carbocycles. The highest BCUT2D eigenvalue weighted by Crippen LogP contribution is 2.42. The van der Waals surface area contributed by atoms with E-state index >= 15 is 0 Å². The summed E-state index contributed by atoms with van der Waals surface area (Å²) >= 11 is 0. The number of carbonyl (C=O) groups is 1. The lowest BCUT2D eigenvalue weighted by molar-refractivity contribution is 0.0986. The Morgan fingerprint density at radius 2 is 2.17 bits per heavy atom. The third-order valence-corrected chi connectivity index (χ3v) is 5.28. The average Bonchev–Trinajstić information content (AvgIpc) is 3.09. The van der Waals surface area contributed by atoms with Gasteiger partial charge < -0.3 is 9.14 Å². The van der Waals surface area contributed by atoms with Gasteiger partial charge in [0, 0.05) is 24.7 Å². The minimum Gasteiger partial charge on any atom is -0.493 e. The van der Waals surface area contributed by atoms with Gasteiger partial charge in [-0.25, -0.2) is 18.7 Å². The van der Waals surface area contributed by atoms with Gasteiger partial charge in [-0.15, -0.1) is 0 Å². The number of nitrogens with zero attached hydrogens (tertiary/aromatic N) is 4. The molecule has 0 saturated heterocycles. The van der Waals surface area contributed by atoms with Crippen molar-refractivity contribution in [2.75, 3.05) is 7.11 Å². The maximum absolute atomic E-state index is 12.8. The quantitative estimate of drug-likeness (QED) is 0.586. The highest BCUT2D eigenvalue weighted by atomic mass is 19.3. The summed E-state index contributed by atoms with van der Waals surface area (Å²) in [6.45, 7) is 0. The summed E-state index contributed by atoms with van der Waals surface area (Å²) < 4.78 is 32.9. The summed E-state index contributed by atoms with van der Waals surface area (Å²) in [7, 11) is 1.52. The zero-order valence-corrected chi connectivity index (χ0v) is 15.7. The van der Waals surface area contributed by atoms with Gasteiger partial charge in [0.2, 0.25) is 0 Å². The fourth-order valence-corrected chi connectivity index (χ4v) is 3.58. The normalized spacial score (nSPS) is 18.4. The van der Waals surface area contributed by atoms with Crippen LogP contribution < -0.4 is 4.74 Å².